The van der Waals surface area contributed by atoms with E-state index in [-0.39, 0.29) is 17.0 Å². The summed E-state index contributed by atoms with van der Waals surface area (Å²) in [5, 5.41) is 13.9. The minimum absolute atomic E-state index is 0.0284. The number of carboxylic acid groups (broad SMARTS) is 1. The van der Waals surface area contributed by atoms with Gasteiger partial charge >= 0.3 is 5.97 Å². The van der Waals surface area contributed by atoms with Crippen LogP contribution in [0.2, 0.25) is 0 Å². The third kappa shape index (κ3) is 4.50. The maximum atomic E-state index is 12.7. The molecule has 8 nitrogen and oxygen atoms in total. The lowest BCUT2D eigenvalue weighted by Gasteiger charge is -2.39. The average Bonchev–Trinajstić information content (AvgIpc) is 3.20. The van der Waals surface area contributed by atoms with E-state index < -0.39 is 11.4 Å². The summed E-state index contributed by atoms with van der Waals surface area (Å²) in [5.41, 5.74) is 3.58. The number of carbonyl (C=O) groups is 1. The van der Waals surface area contributed by atoms with E-state index in [2.05, 4.69) is 31.9 Å². The Labute approximate surface area is 198 Å². The second kappa shape index (κ2) is 9.10. The van der Waals surface area contributed by atoms with E-state index in [1.54, 1.807) is 18.0 Å². The van der Waals surface area contributed by atoms with Crippen LogP contribution in [0.25, 0.3) is 22.4 Å². The molecule has 0 spiro atoms. The molecule has 1 atom stereocenters. The molecule has 8 heteroatoms. The fourth-order valence-corrected chi connectivity index (χ4v) is 4.53. The Kier molecular flexibility index (Phi) is 6.36. The summed E-state index contributed by atoms with van der Waals surface area (Å²) < 4.78 is 15.0. The number of fused-ring (bicyclic) bond motifs is 3. The van der Waals surface area contributed by atoms with Crippen LogP contribution in [0.5, 0.6) is 5.75 Å². The first-order valence-electron chi connectivity index (χ1n) is 11.4. The van der Waals surface area contributed by atoms with Gasteiger partial charge in [0.15, 0.2) is 5.43 Å². The Hall–Kier alpha value is -3.39. The third-order valence-corrected chi connectivity index (χ3v) is 6.31. The maximum Gasteiger partial charge on any atom is 0.341 e. The minimum atomic E-state index is -1.21. The first kappa shape index (κ1) is 23.8. The molecule has 0 saturated heterocycles. The van der Waals surface area contributed by atoms with Crippen LogP contribution in [0.15, 0.2) is 41.6 Å². The quantitative estimate of drug-likeness (QED) is 0.526. The number of hydrogen-bond acceptors (Lipinski definition) is 5. The number of benzene rings is 1. The zero-order valence-electron chi connectivity index (χ0n) is 20.3. The summed E-state index contributed by atoms with van der Waals surface area (Å²) in [6, 6.07) is 5.51. The van der Waals surface area contributed by atoms with Crippen molar-refractivity contribution in [3.05, 3.63) is 58.1 Å². The van der Waals surface area contributed by atoms with Crippen LogP contribution in [0.1, 0.15) is 49.2 Å². The summed E-state index contributed by atoms with van der Waals surface area (Å²) in [7, 11) is 3.53. The van der Waals surface area contributed by atoms with Crippen molar-refractivity contribution in [2.75, 3.05) is 20.3 Å². The molecule has 0 bridgehead atoms. The highest BCUT2D eigenvalue weighted by Crippen LogP contribution is 2.45. The number of ether oxygens (including phenoxy) is 2. The number of pyridine rings is 1. The van der Waals surface area contributed by atoms with Gasteiger partial charge in [-0.2, -0.15) is 5.10 Å². The van der Waals surface area contributed by atoms with Crippen LogP contribution in [0.4, 0.5) is 0 Å². The highest BCUT2D eigenvalue weighted by atomic mass is 16.5. The Morgan fingerprint density at radius 3 is 2.56 bits per heavy atom. The van der Waals surface area contributed by atoms with Crippen LogP contribution in [0.3, 0.4) is 0 Å². The van der Waals surface area contributed by atoms with E-state index in [1.165, 1.54) is 12.3 Å². The summed E-state index contributed by atoms with van der Waals surface area (Å²) in [6.45, 7) is 7.49. The number of nitrogens with zero attached hydrogens (tertiary/aromatic N) is 3. The predicted molar refractivity (Wildman–Crippen MR) is 129 cm³/mol. The first-order valence-corrected chi connectivity index (χ1v) is 11.4. The molecule has 1 aliphatic heterocycles. The molecule has 3 aromatic rings. The van der Waals surface area contributed by atoms with Gasteiger partial charge in [-0.15, -0.1) is 0 Å². The molecule has 1 N–H and O–H groups in total. The molecule has 0 saturated carbocycles. The van der Waals surface area contributed by atoms with E-state index in [9.17, 15) is 14.7 Å². The second-order valence-electron chi connectivity index (χ2n) is 9.84. The lowest BCUT2D eigenvalue weighted by molar-refractivity contribution is 0.0693. The van der Waals surface area contributed by atoms with Gasteiger partial charge in [0, 0.05) is 68.4 Å². The molecule has 1 aliphatic rings. The molecule has 0 amide bonds. The molecule has 34 heavy (non-hydrogen) atoms. The highest BCUT2D eigenvalue weighted by molar-refractivity contribution is 5.88. The van der Waals surface area contributed by atoms with E-state index in [4.69, 9.17) is 9.47 Å². The zero-order valence-corrected chi connectivity index (χ0v) is 20.3. The van der Waals surface area contributed by atoms with Crippen molar-refractivity contribution in [2.45, 2.75) is 39.7 Å². The van der Waals surface area contributed by atoms with Gasteiger partial charge in [-0.1, -0.05) is 20.8 Å². The van der Waals surface area contributed by atoms with Gasteiger partial charge in [0.2, 0.25) is 0 Å². The fourth-order valence-electron chi connectivity index (χ4n) is 4.53. The van der Waals surface area contributed by atoms with Crippen molar-refractivity contribution in [1.29, 1.82) is 0 Å². The molecular formula is C26H31N3O5. The molecule has 2 aromatic heterocycles. The lowest BCUT2D eigenvalue weighted by Crippen LogP contribution is -2.32. The molecule has 0 aliphatic carbocycles. The predicted octanol–water partition coefficient (Wildman–Crippen LogP) is 4.17. The number of aryl methyl sites for hydroxylation is 1. The molecule has 0 fully saturated rings. The second-order valence-corrected chi connectivity index (χ2v) is 9.84. The monoisotopic (exact) mass is 465 g/mol. The summed E-state index contributed by atoms with van der Waals surface area (Å²) in [4.78, 5) is 24.4. The maximum absolute atomic E-state index is 12.7. The molecule has 4 rings (SSSR count). The third-order valence-electron chi connectivity index (χ3n) is 6.31. The summed E-state index contributed by atoms with van der Waals surface area (Å²) >= 11 is 0. The van der Waals surface area contributed by atoms with Crippen LogP contribution in [-0.4, -0.2) is 45.7 Å². The van der Waals surface area contributed by atoms with Crippen LogP contribution < -0.4 is 10.2 Å². The Morgan fingerprint density at radius 2 is 1.94 bits per heavy atom. The zero-order chi connectivity index (χ0) is 24.6. The average molecular weight is 466 g/mol. The van der Waals surface area contributed by atoms with Crippen molar-refractivity contribution < 1.29 is 19.4 Å². The van der Waals surface area contributed by atoms with Gasteiger partial charge in [-0.3, -0.25) is 9.48 Å². The topological polar surface area (TPSA) is 95.6 Å². The number of carboxylic acids is 1. The number of methoxy groups -OCH3 is 1. The van der Waals surface area contributed by atoms with Crippen LogP contribution >= 0.6 is 0 Å². The number of rotatable bonds is 7. The van der Waals surface area contributed by atoms with Gasteiger partial charge in [0.25, 0.3) is 0 Å². The molecule has 0 radical (unpaired) electrons. The molecule has 3 heterocycles. The lowest BCUT2D eigenvalue weighted by atomic mass is 9.78. The SMILES string of the molecule is COCCCOc1cc2c(cc1-c1cnn(C)c1)-c1cc(=O)c(C(=O)O)cn1[C@H](C(C)(C)C)C2. The normalized spacial score (nSPS) is 15.0. The fraction of sp³-hybridized carbons (Fsp3) is 0.423. The largest absolute Gasteiger partial charge is 0.493 e. The van der Waals surface area contributed by atoms with Crippen molar-refractivity contribution in [2.24, 2.45) is 12.5 Å². The minimum Gasteiger partial charge on any atom is -0.493 e. The van der Waals surface area contributed by atoms with Gasteiger partial charge in [0.05, 0.1) is 18.5 Å². The summed E-state index contributed by atoms with van der Waals surface area (Å²) in [5.74, 6) is -0.455. The van der Waals surface area contributed by atoms with Gasteiger partial charge in [0.1, 0.15) is 11.3 Å². The van der Waals surface area contributed by atoms with E-state index >= 15 is 0 Å². The molecule has 1 aromatic carbocycles. The van der Waals surface area contributed by atoms with Crippen LogP contribution in [-0.2, 0) is 18.2 Å². The molecule has 180 valence electrons. The van der Waals surface area contributed by atoms with Gasteiger partial charge < -0.3 is 19.1 Å². The van der Waals surface area contributed by atoms with E-state index in [0.29, 0.717) is 25.3 Å². The number of aromatic nitrogens is 3. The van der Waals surface area contributed by atoms with Crippen molar-refractivity contribution >= 4 is 5.97 Å². The van der Waals surface area contributed by atoms with Gasteiger partial charge in [-0.05, 0) is 29.5 Å². The van der Waals surface area contributed by atoms with Gasteiger partial charge in [-0.25, -0.2) is 4.79 Å². The summed E-state index contributed by atoms with van der Waals surface area (Å²) in [6.07, 6.45) is 6.66. The van der Waals surface area contributed by atoms with Crippen molar-refractivity contribution in [1.82, 2.24) is 14.3 Å². The number of hydrogen-bond donors (Lipinski definition) is 1. The molecular weight excluding hydrogens is 434 g/mol. The van der Waals surface area contributed by atoms with E-state index in [0.717, 1.165) is 34.4 Å². The smallest absolute Gasteiger partial charge is 0.341 e. The Bertz CT molecular complexity index is 1280. The Balaban J connectivity index is 1.91. The van der Waals surface area contributed by atoms with E-state index in [1.807, 2.05) is 23.9 Å². The van der Waals surface area contributed by atoms with Crippen LogP contribution in [0, 0.1) is 5.41 Å². The highest BCUT2D eigenvalue weighted by Gasteiger charge is 2.34. The molecule has 0 unspecified atom stereocenters. The van der Waals surface area contributed by atoms with Crippen molar-refractivity contribution in [3.63, 3.8) is 0 Å². The Morgan fingerprint density at radius 1 is 1.18 bits per heavy atom. The number of aromatic carboxylic acids is 1. The standard InChI is InChI=1S/C26H31N3O5/c1-26(2,3)24-10-16-9-23(34-8-6-7-33-5)19(17-13-27-28(4)14-17)11-18(16)21-12-22(30)20(25(31)32)15-29(21)24/h9,11-15,24H,6-8,10H2,1-5H3,(H,31,32)/t24-/m0/s1. The first-order chi connectivity index (χ1) is 16.1. The van der Waals surface area contributed by atoms with Crippen molar-refractivity contribution in [3.8, 4) is 28.1 Å².